The first-order chi connectivity index (χ1) is 23.8. The van der Waals surface area contributed by atoms with Crippen molar-refractivity contribution < 1.29 is 4.42 Å². The number of rotatable bonds is 4. The van der Waals surface area contributed by atoms with Crippen LogP contribution in [-0.2, 0) is 0 Å². The Hall–Kier alpha value is -6.38. The van der Waals surface area contributed by atoms with Crippen molar-refractivity contribution in [3.8, 4) is 11.1 Å². The molecule has 48 heavy (non-hydrogen) atoms. The maximum absolute atomic E-state index is 6.40. The van der Waals surface area contributed by atoms with Crippen LogP contribution in [0.5, 0.6) is 0 Å². The van der Waals surface area contributed by atoms with Gasteiger partial charge in [-0.3, -0.25) is 0 Å². The lowest BCUT2D eigenvalue weighted by Crippen LogP contribution is -2.10. The van der Waals surface area contributed by atoms with Gasteiger partial charge in [-0.05, 0) is 103 Å². The molecule has 0 spiro atoms. The van der Waals surface area contributed by atoms with E-state index < -0.39 is 0 Å². The van der Waals surface area contributed by atoms with Gasteiger partial charge in [0, 0.05) is 16.8 Å². The smallest absolute Gasteiger partial charge is 0.137 e. The summed E-state index contributed by atoms with van der Waals surface area (Å²) in [6.45, 7) is 0. The summed E-state index contributed by atoms with van der Waals surface area (Å²) in [6, 6.07) is 63.4. The third-order valence-corrected chi connectivity index (χ3v) is 9.79. The van der Waals surface area contributed by atoms with Gasteiger partial charge in [-0.15, -0.1) is 0 Å². The molecule has 0 unspecified atom stereocenters. The van der Waals surface area contributed by atoms with Crippen LogP contribution in [0, 0.1) is 0 Å². The number of hydrogen-bond donors (Lipinski definition) is 0. The predicted octanol–water partition coefficient (Wildman–Crippen LogP) is 13.3. The number of benzene rings is 9. The quantitative estimate of drug-likeness (QED) is 0.184. The van der Waals surface area contributed by atoms with Crippen molar-refractivity contribution in [1.29, 1.82) is 0 Å². The molecule has 0 bridgehead atoms. The third-order valence-electron chi connectivity index (χ3n) is 9.79. The zero-order valence-corrected chi connectivity index (χ0v) is 26.1. The maximum atomic E-state index is 6.40. The van der Waals surface area contributed by atoms with E-state index >= 15 is 0 Å². The standard InChI is InChI=1S/C46H29NO/c1-2-12-31-27-33(24-23-30(31)11-1)32-13-9-14-34(28-32)47(43-20-10-22-45-46(43)41-19-7-8-21-44(41)48-45)35-25-26-40-38-17-4-3-15-36(38)37-16-5-6-18-39(37)42(40)29-35/h1-29H. The normalized spacial score (nSPS) is 11.8. The third kappa shape index (κ3) is 4.13. The summed E-state index contributed by atoms with van der Waals surface area (Å²) in [5.41, 5.74) is 7.39. The minimum absolute atomic E-state index is 0.876. The average Bonchev–Trinajstić information content (AvgIpc) is 3.54. The van der Waals surface area contributed by atoms with Gasteiger partial charge >= 0.3 is 0 Å². The first-order valence-corrected chi connectivity index (χ1v) is 16.4. The van der Waals surface area contributed by atoms with E-state index in [-0.39, 0.29) is 0 Å². The van der Waals surface area contributed by atoms with Gasteiger partial charge in [0.05, 0.1) is 11.1 Å². The zero-order valence-electron chi connectivity index (χ0n) is 26.1. The molecule has 0 fully saturated rings. The van der Waals surface area contributed by atoms with E-state index in [0.29, 0.717) is 0 Å². The summed E-state index contributed by atoms with van der Waals surface area (Å²) >= 11 is 0. The molecule has 10 aromatic rings. The van der Waals surface area contributed by atoms with Crippen molar-refractivity contribution in [1.82, 2.24) is 0 Å². The van der Waals surface area contributed by atoms with Crippen LogP contribution in [-0.4, -0.2) is 0 Å². The molecular weight excluding hydrogens is 583 g/mol. The Morgan fingerprint density at radius 1 is 0.333 bits per heavy atom. The molecule has 10 rings (SSSR count). The van der Waals surface area contributed by atoms with Gasteiger partial charge in [0.15, 0.2) is 0 Å². The molecule has 0 aliphatic carbocycles. The van der Waals surface area contributed by atoms with E-state index in [1.165, 1.54) is 54.2 Å². The monoisotopic (exact) mass is 611 g/mol. The Kier molecular flexibility index (Phi) is 5.91. The molecule has 2 heteroatoms. The lowest BCUT2D eigenvalue weighted by atomic mass is 9.94. The Morgan fingerprint density at radius 3 is 1.71 bits per heavy atom. The second-order valence-electron chi connectivity index (χ2n) is 12.5. The van der Waals surface area contributed by atoms with Gasteiger partial charge in [-0.1, -0.05) is 127 Å². The molecule has 0 N–H and O–H groups in total. The summed E-state index contributed by atoms with van der Waals surface area (Å²) < 4.78 is 6.40. The van der Waals surface area contributed by atoms with Gasteiger partial charge < -0.3 is 9.32 Å². The number of hydrogen-bond acceptors (Lipinski definition) is 2. The fourth-order valence-electron chi connectivity index (χ4n) is 7.60. The van der Waals surface area contributed by atoms with Crippen molar-refractivity contribution in [2.24, 2.45) is 0 Å². The van der Waals surface area contributed by atoms with Gasteiger partial charge in [-0.25, -0.2) is 0 Å². The van der Waals surface area contributed by atoms with E-state index in [4.69, 9.17) is 4.42 Å². The maximum Gasteiger partial charge on any atom is 0.137 e. The highest BCUT2D eigenvalue weighted by molar-refractivity contribution is 6.26. The number of para-hydroxylation sites is 1. The van der Waals surface area contributed by atoms with E-state index in [1.54, 1.807) is 0 Å². The first kappa shape index (κ1) is 26.8. The van der Waals surface area contributed by atoms with Crippen LogP contribution < -0.4 is 4.90 Å². The SMILES string of the molecule is c1cc(-c2ccc3ccccc3c2)cc(N(c2ccc3c4ccccc4c4ccccc4c3c2)c2cccc3oc4ccccc4c23)c1. The molecular formula is C46H29NO. The molecule has 0 amide bonds. The van der Waals surface area contributed by atoms with Gasteiger partial charge in [0.25, 0.3) is 0 Å². The van der Waals surface area contributed by atoms with E-state index in [0.717, 1.165) is 39.0 Å². The van der Waals surface area contributed by atoms with E-state index in [1.807, 2.05) is 6.07 Å². The minimum atomic E-state index is 0.876. The van der Waals surface area contributed by atoms with E-state index in [2.05, 4.69) is 175 Å². The molecule has 0 aliphatic rings. The van der Waals surface area contributed by atoms with E-state index in [9.17, 15) is 0 Å². The molecule has 1 heterocycles. The Bertz CT molecular complexity index is 2830. The van der Waals surface area contributed by atoms with Crippen LogP contribution >= 0.6 is 0 Å². The number of anilines is 3. The summed E-state index contributed by atoms with van der Waals surface area (Å²) in [6.07, 6.45) is 0. The second kappa shape index (κ2) is 10.6. The molecule has 0 aliphatic heterocycles. The van der Waals surface area contributed by atoms with Crippen LogP contribution in [0.15, 0.2) is 180 Å². The summed E-state index contributed by atoms with van der Waals surface area (Å²) in [5, 5.41) is 12.3. The van der Waals surface area contributed by atoms with Crippen molar-refractivity contribution in [3.63, 3.8) is 0 Å². The van der Waals surface area contributed by atoms with Gasteiger partial charge in [0.1, 0.15) is 11.2 Å². The van der Waals surface area contributed by atoms with Crippen molar-refractivity contribution >= 4 is 82.1 Å². The Morgan fingerprint density at radius 2 is 0.917 bits per heavy atom. The molecule has 0 saturated carbocycles. The van der Waals surface area contributed by atoms with Crippen LogP contribution in [0.4, 0.5) is 17.1 Å². The number of fused-ring (bicyclic) bond motifs is 10. The number of furan rings is 1. The van der Waals surface area contributed by atoms with Crippen molar-refractivity contribution in [3.05, 3.63) is 176 Å². The first-order valence-electron chi connectivity index (χ1n) is 16.4. The largest absolute Gasteiger partial charge is 0.456 e. The lowest BCUT2D eigenvalue weighted by Gasteiger charge is -2.27. The fourth-order valence-corrected chi connectivity index (χ4v) is 7.60. The van der Waals surface area contributed by atoms with Crippen molar-refractivity contribution in [2.75, 3.05) is 4.90 Å². The van der Waals surface area contributed by atoms with Crippen LogP contribution in [0.1, 0.15) is 0 Å². The Balaban J connectivity index is 1.26. The minimum Gasteiger partial charge on any atom is -0.456 e. The topological polar surface area (TPSA) is 16.4 Å². The fraction of sp³-hybridized carbons (Fsp3) is 0. The molecule has 1 aromatic heterocycles. The molecule has 9 aromatic carbocycles. The molecule has 224 valence electrons. The van der Waals surface area contributed by atoms with Crippen LogP contribution in [0.25, 0.3) is 76.2 Å². The van der Waals surface area contributed by atoms with Crippen LogP contribution in [0.2, 0.25) is 0 Å². The lowest BCUT2D eigenvalue weighted by molar-refractivity contribution is 0.669. The predicted molar refractivity (Wildman–Crippen MR) is 204 cm³/mol. The summed E-state index contributed by atoms with van der Waals surface area (Å²) in [4.78, 5) is 2.40. The highest BCUT2D eigenvalue weighted by Gasteiger charge is 2.21. The average molecular weight is 612 g/mol. The highest BCUT2D eigenvalue weighted by atomic mass is 16.3. The Labute approximate surface area is 277 Å². The molecule has 0 saturated heterocycles. The summed E-state index contributed by atoms with van der Waals surface area (Å²) in [7, 11) is 0. The molecule has 0 radical (unpaired) electrons. The van der Waals surface area contributed by atoms with Gasteiger partial charge in [0.2, 0.25) is 0 Å². The highest BCUT2D eigenvalue weighted by Crippen LogP contribution is 2.45. The number of nitrogens with zero attached hydrogens (tertiary/aromatic N) is 1. The second-order valence-corrected chi connectivity index (χ2v) is 12.5. The summed E-state index contributed by atoms with van der Waals surface area (Å²) in [5.74, 6) is 0. The van der Waals surface area contributed by atoms with Crippen molar-refractivity contribution in [2.45, 2.75) is 0 Å². The van der Waals surface area contributed by atoms with Crippen LogP contribution in [0.3, 0.4) is 0 Å². The van der Waals surface area contributed by atoms with Gasteiger partial charge in [-0.2, -0.15) is 0 Å². The zero-order chi connectivity index (χ0) is 31.6. The molecule has 0 atom stereocenters. The molecule has 2 nitrogen and oxygen atoms in total.